The molecule has 1 unspecified atom stereocenters. The highest BCUT2D eigenvalue weighted by Crippen LogP contribution is 2.10. The van der Waals surface area contributed by atoms with E-state index in [1.54, 1.807) is 11.6 Å². The van der Waals surface area contributed by atoms with Crippen LogP contribution in [0.3, 0.4) is 0 Å². The topological polar surface area (TPSA) is 87.8 Å². The predicted octanol–water partition coefficient (Wildman–Crippen LogP) is 0.902. The van der Waals surface area contributed by atoms with Gasteiger partial charge in [0, 0.05) is 18.8 Å². The lowest BCUT2D eigenvalue weighted by Gasteiger charge is -2.06. The van der Waals surface area contributed by atoms with E-state index >= 15 is 0 Å². The van der Waals surface area contributed by atoms with E-state index < -0.39 is 10.0 Å². The van der Waals surface area contributed by atoms with Crippen LogP contribution in [0.15, 0.2) is 17.3 Å². The summed E-state index contributed by atoms with van der Waals surface area (Å²) in [6, 6.07) is 2.07. The molecule has 0 fully saturated rings. The first-order valence-corrected chi connectivity index (χ1v) is 6.78. The molecule has 0 radical (unpaired) electrons. The van der Waals surface area contributed by atoms with Gasteiger partial charge in [-0.3, -0.25) is 4.68 Å². The lowest BCUT2D eigenvalue weighted by molar-refractivity contribution is 0.530. The van der Waals surface area contributed by atoms with Crippen LogP contribution in [-0.4, -0.2) is 24.7 Å². The van der Waals surface area contributed by atoms with Crippen LogP contribution in [0.25, 0.3) is 0 Å². The lowest BCUT2D eigenvalue weighted by Crippen LogP contribution is -2.27. The van der Waals surface area contributed by atoms with E-state index in [1.807, 2.05) is 19.9 Å². The Bertz CT molecular complexity index is 513. The average Bonchev–Trinajstić information content (AvgIpc) is 2.76. The Morgan fingerprint density at radius 2 is 2.18 bits per heavy atom. The molecule has 1 N–H and O–H groups in total. The van der Waals surface area contributed by atoms with Gasteiger partial charge >= 0.3 is 0 Å². The fourth-order valence-electron chi connectivity index (χ4n) is 1.11. The maximum atomic E-state index is 11.8. The Labute approximate surface area is 101 Å². The van der Waals surface area contributed by atoms with Crippen molar-refractivity contribution >= 4 is 10.0 Å². The first-order valence-electron chi connectivity index (χ1n) is 5.30. The van der Waals surface area contributed by atoms with Gasteiger partial charge in [-0.2, -0.15) is 10.4 Å². The van der Waals surface area contributed by atoms with E-state index in [9.17, 15) is 8.42 Å². The summed E-state index contributed by atoms with van der Waals surface area (Å²) in [5, 5.41) is 12.5. The molecule has 0 aliphatic carbocycles. The van der Waals surface area contributed by atoms with Gasteiger partial charge in [0.2, 0.25) is 10.0 Å². The van der Waals surface area contributed by atoms with Crippen LogP contribution in [0.4, 0.5) is 0 Å². The van der Waals surface area contributed by atoms with Gasteiger partial charge in [-0.1, -0.05) is 0 Å². The van der Waals surface area contributed by atoms with Crippen LogP contribution >= 0.6 is 0 Å². The molecule has 6 nitrogen and oxygen atoms in total. The Kier molecular flexibility index (Phi) is 4.26. The van der Waals surface area contributed by atoms with Gasteiger partial charge in [0.1, 0.15) is 4.90 Å². The molecule has 0 aromatic carbocycles. The first kappa shape index (κ1) is 13.7. The fraction of sp³-hybridized carbons (Fsp3) is 0.600. The smallest absolute Gasteiger partial charge is 0.243 e. The molecule has 1 heterocycles. The normalized spacial score (nSPS) is 13.6. The van der Waals surface area contributed by atoms with E-state index in [1.165, 1.54) is 12.4 Å². The molecule has 7 heteroatoms. The fourth-order valence-corrected chi connectivity index (χ4v) is 2.17. The van der Waals surface area contributed by atoms with Gasteiger partial charge in [0.05, 0.1) is 18.2 Å². The van der Waals surface area contributed by atoms with Crippen molar-refractivity contribution in [2.24, 2.45) is 5.92 Å². The van der Waals surface area contributed by atoms with Crippen molar-refractivity contribution < 1.29 is 8.42 Å². The number of nitrogens with zero attached hydrogens (tertiary/aromatic N) is 3. The predicted molar refractivity (Wildman–Crippen MR) is 62.6 cm³/mol. The number of rotatable bonds is 5. The zero-order chi connectivity index (χ0) is 13.1. The van der Waals surface area contributed by atoms with Crippen molar-refractivity contribution in [1.29, 1.82) is 5.26 Å². The minimum absolute atomic E-state index is 0.103. The molecule has 0 spiro atoms. The maximum absolute atomic E-state index is 11.8. The third kappa shape index (κ3) is 3.54. The molecule has 0 amide bonds. The lowest BCUT2D eigenvalue weighted by atomic mass is 10.2. The average molecular weight is 256 g/mol. The summed E-state index contributed by atoms with van der Waals surface area (Å²) in [4.78, 5) is 0.122. The Morgan fingerprint density at radius 3 is 2.65 bits per heavy atom. The quantitative estimate of drug-likeness (QED) is 0.847. The monoisotopic (exact) mass is 256 g/mol. The van der Waals surface area contributed by atoms with Gasteiger partial charge < -0.3 is 0 Å². The third-order valence-corrected chi connectivity index (χ3v) is 3.60. The molecule has 17 heavy (non-hydrogen) atoms. The molecule has 0 bridgehead atoms. The van der Waals surface area contributed by atoms with Gasteiger partial charge in [0.15, 0.2) is 0 Å². The zero-order valence-electron chi connectivity index (χ0n) is 10.1. The highest BCUT2D eigenvalue weighted by molar-refractivity contribution is 7.89. The van der Waals surface area contributed by atoms with Crippen LogP contribution in [0, 0.1) is 17.2 Å². The summed E-state index contributed by atoms with van der Waals surface area (Å²) >= 11 is 0. The zero-order valence-corrected chi connectivity index (χ0v) is 10.9. The Hall–Kier alpha value is -1.39. The van der Waals surface area contributed by atoms with E-state index in [4.69, 9.17) is 5.26 Å². The molecule has 0 aliphatic rings. The summed E-state index contributed by atoms with van der Waals surface area (Å²) < 4.78 is 27.6. The van der Waals surface area contributed by atoms with Crippen LogP contribution in [0.2, 0.25) is 0 Å². The molecule has 1 aromatic heterocycles. The van der Waals surface area contributed by atoms with E-state index in [2.05, 4.69) is 9.82 Å². The highest BCUT2D eigenvalue weighted by Gasteiger charge is 2.17. The van der Waals surface area contributed by atoms with Gasteiger partial charge in [-0.25, -0.2) is 13.1 Å². The number of nitriles is 1. The highest BCUT2D eigenvalue weighted by atomic mass is 32.2. The first-order chi connectivity index (χ1) is 7.86. The summed E-state index contributed by atoms with van der Waals surface area (Å²) in [6.45, 7) is 5.58. The Balaban J connectivity index is 2.80. The van der Waals surface area contributed by atoms with Gasteiger partial charge in [0.25, 0.3) is 0 Å². The molecule has 0 saturated heterocycles. The van der Waals surface area contributed by atoms with Crippen molar-refractivity contribution in [2.75, 3.05) is 6.54 Å². The molecular formula is C10H16N4O2S. The van der Waals surface area contributed by atoms with Crippen LogP contribution in [-0.2, 0) is 10.0 Å². The molecule has 1 rings (SSSR count). The molecule has 94 valence electrons. The number of sulfonamides is 1. The number of hydrogen-bond donors (Lipinski definition) is 1. The number of hydrogen-bond acceptors (Lipinski definition) is 4. The van der Waals surface area contributed by atoms with Gasteiger partial charge in [-0.15, -0.1) is 0 Å². The number of aromatic nitrogens is 2. The molecule has 1 aromatic rings. The van der Waals surface area contributed by atoms with Crippen LogP contribution in [0.5, 0.6) is 0 Å². The van der Waals surface area contributed by atoms with Crippen molar-refractivity contribution in [3.05, 3.63) is 12.4 Å². The van der Waals surface area contributed by atoms with Crippen molar-refractivity contribution in [1.82, 2.24) is 14.5 Å². The molecule has 0 aliphatic heterocycles. The van der Waals surface area contributed by atoms with Crippen LogP contribution < -0.4 is 4.72 Å². The minimum Gasteiger partial charge on any atom is -0.269 e. The summed E-state index contributed by atoms with van der Waals surface area (Å²) in [6.07, 6.45) is 2.78. The molecule has 0 saturated carbocycles. The second-order valence-electron chi connectivity index (χ2n) is 4.13. The summed E-state index contributed by atoms with van der Waals surface area (Å²) in [5.74, 6) is -0.357. The SMILES string of the molecule is CC(C#N)CNS(=O)(=O)c1cnn(C(C)C)c1. The summed E-state index contributed by atoms with van der Waals surface area (Å²) in [7, 11) is -3.56. The largest absolute Gasteiger partial charge is 0.269 e. The minimum atomic E-state index is -3.56. The van der Waals surface area contributed by atoms with E-state index in [-0.39, 0.29) is 23.4 Å². The second-order valence-corrected chi connectivity index (χ2v) is 5.90. The van der Waals surface area contributed by atoms with E-state index in [0.717, 1.165) is 0 Å². The molecule has 1 atom stereocenters. The second kappa shape index (κ2) is 5.29. The van der Waals surface area contributed by atoms with Crippen LogP contribution in [0.1, 0.15) is 26.8 Å². The van der Waals surface area contributed by atoms with Gasteiger partial charge in [-0.05, 0) is 20.8 Å². The Morgan fingerprint density at radius 1 is 1.53 bits per heavy atom. The van der Waals surface area contributed by atoms with E-state index in [0.29, 0.717) is 0 Å². The maximum Gasteiger partial charge on any atom is 0.243 e. The third-order valence-electron chi connectivity index (χ3n) is 2.22. The standard InChI is InChI=1S/C10H16N4O2S/c1-8(2)14-7-10(6-12-14)17(15,16)13-5-9(3)4-11/h6-9,13H,5H2,1-3H3. The summed E-state index contributed by atoms with van der Waals surface area (Å²) in [5.41, 5.74) is 0. The van der Waals surface area contributed by atoms with Crippen molar-refractivity contribution in [3.8, 4) is 6.07 Å². The molecular weight excluding hydrogens is 240 g/mol. The van der Waals surface area contributed by atoms with Crippen molar-refractivity contribution in [3.63, 3.8) is 0 Å². The van der Waals surface area contributed by atoms with Crippen molar-refractivity contribution in [2.45, 2.75) is 31.7 Å². The number of nitrogens with one attached hydrogen (secondary N) is 1.